The fraction of sp³-hybridized carbons (Fsp3) is 0.769. The maximum Gasteiger partial charge on any atom is 0.243 e. The number of carbonyl (C=O) groups is 3. The SMILES string of the molecule is CNC(=O)[C@H](C)NC(=O)C1CCN1C(=O)C(C)(C)C. The molecule has 6 heteroatoms. The first-order chi connectivity index (χ1) is 8.68. The molecule has 1 rings (SSSR count). The van der Waals surface area contributed by atoms with Crippen LogP contribution in [-0.2, 0) is 14.4 Å². The van der Waals surface area contributed by atoms with Crippen LogP contribution in [-0.4, -0.2) is 48.3 Å². The van der Waals surface area contributed by atoms with Crippen LogP contribution in [0.5, 0.6) is 0 Å². The maximum atomic E-state index is 12.1. The number of hydrogen-bond donors (Lipinski definition) is 2. The lowest BCUT2D eigenvalue weighted by molar-refractivity contribution is -0.154. The Kier molecular flexibility index (Phi) is 4.55. The zero-order chi connectivity index (χ0) is 14.8. The minimum Gasteiger partial charge on any atom is -0.357 e. The van der Waals surface area contributed by atoms with Crippen molar-refractivity contribution in [3.05, 3.63) is 0 Å². The summed E-state index contributed by atoms with van der Waals surface area (Å²) in [5, 5.41) is 5.09. The van der Waals surface area contributed by atoms with Gasteiger partial charge in [-0.15, -0.1) is 0 Å². The summed E-state index contributed by atoms with van der Waals surface area (Å²) in [6.07, 6.45) is 0.647. The average Bonchev–Trinajstić information content (AvgIpc) is 2.24. The average molecular weight is 269 g/mol. The molecule has 19 heavy (non-hydrogen) atoms. The Hall–Kier alpha value is -1.59. The summed E-state index contributed by atoms with van der Waals surface area (Å²) in [6.45, 7) is 7.70. The Morgan fingerprint density at radius 2 is 1.84 bits per heavy atom. The molecule has 0 bridgehead atoms. The van der Waals surface area contributed by atoms with Crippen molar-refractivity contribution in [1.29, 1.82) is 0 Å². The second-order valence-electron chi connectivity index (χ2n) is 5.90. The van der Waals surface area contributed by atoms with E-state index < -0.39 is 17.5 Å². The lowest BCUT2D eigenvalue weighted by Crippen LogP contribution is -2.62. The monoisotopic (exact) mass is 269 g/mol. The first kappa shape index (κ1) is 15.5. The Morgan fingerprint density at radius 3 is 2.21 bits per heavy atom. The number of nitrogens with one attached hydrogen (secondary N) is 2. The molecule has 0 aromatic carbocycles. The summed E-state index contributed by atoms with van der Waals surface area (Å²) < 4.78 is 0. The van der Waals surface area contributed by atoms with Crippen molar-refractivity contribution in [3.8, 4) is 0 Å². The third kappa shape index (κ3) is 3.45. The molecule has 2 N–H and O–H groups in total. The predicted octanol–water partition coefficient (Wildman–Crippen LogP) is -0.116. The van der Waals surface area contributed by atoms with Gasteiger partial charge in [-0.1, -0.05) is 20.8 Å². The first-order valence-electron chi connectivity index (χ1n) is 6.51. The summed E-state index contributed by atoms with van der Waals surface area (Å²) in [5.74, 6) is -0.548. The summed E-state index contributed by atoms with van der Waals surface area (Å²) in [4.78, 5) is 37.0. The van der Waals surface area contributed by atoms with Crippen molar-refractivity contribution in [2.24, 2.45) is 5.41 Å². The molecule has 0 aliphatic carbocycles. The van der Waals surface area contributed by atoms with E-state index >= 15 is 0 Å². The Balaban J connectivity index is 2.60. The van der Waals surface area contributed by atoms with Gasteiger partial charge in [-0.2, -0.15) is 0 Å². The standard InChI is InChI=1S/C13H23N3O3/c1-8(10(17)14-5)15-11(18)9-6-7-16(9)12(19)13(2,3)4/h8-9H,6-7H2,1-5H3,(H,14,17)(H,15,18)/t8-,9?/m0/s1. The summed E-state index contributed by atoms with van der Waals surface area (Å²) in [6, 6.07) is -1.04. The van der Waals surface area contributed by atoms with Crippen LogP contribution >= 0.6 is 0 Å². The molecule has 1 saturated heterocycles. The predicted molar refractivity (Wildman–Crippen MR) is 71.2 cm³/mol. The third-order valence-corrected chi connectivity index (χ3v) is 3.22. The molecule has 0 radical (unpaired) electrons. The molecule has 6 nitrogen and oxygen atoms in total. The van der Waals surface area contributed by atoms with Crippen molar-refractivity contribution in [2.45, 2.75) is 46.2 Å². The topological polar surface area (TPSA) is 78.5 Å². The third-order valence-electron chi connectivity index (χ3n) is 3.22. The van der Waals surface area contributed by atoms with E-state index in [2.05, 4.69) is 10.6 Å². The van der Waals surface area contributed by atoms with E-state index in [9.17, 15) is 14.4 Å². The number of amides is 3. The molecule has 1 unspecified atom stereocenters. The van der Waals surface area contributed by atoms with Gasteiger partial charge in [0.15, 0.2) is 0 Å². The lowest BCUT2D eigenvalue weighted by atomic mass is 9.90. The van der Waals surface area contributed by atoms with Crippen LogP contribution in [0, 0.1) is 5.41 Å². The number of rotatable bonds is 3. The minimum absolute atomic E-state index is 0.0357. The van der Waals surface area contributed by atoms with E-state index in [0.717, 1.165) is 0 Å². The van der Waals surface area contributed by atoms with Crippen LogP contribution < -0.4 is 10.6 Å². The van der Waals surface area contributed by atoms with Crippen LogP contribution in [0.2, 0.25) is 0 Å². The molecule has 108 valence electrons. The van der Waals surface area contributed by atoms with Crippen LogP contribution in [0.3, 0.4) is 0 Å². The van der Waals surface area contributed by atoms with Crippen LogP contribution in [0.4, 0.5) is 0 Å². The van der Waals surface area contributed by atoms with Gasteiger partial charge >= 0.3 is 0 Å². The lowest BCUT2D eigenvalue weighted by Gasteiger charge is -2.43. The molecule has 1 heterocycles. The van der Waals surface area contributed by atoms with Crippen molar-refractivity contribution in [3.63, 3.8) is 0 Å². The van der Waals surface area contributed by atoms with Crippen LogP contribution in [0.15, 0.2) is 0 Å². The molecular weight excluding hydrogens is 246 g/mol. The van der Waals surface area contributed by atoms with Crippen molar-refractivity contribution < 1.29 is 14.4 Å². The molecule has 1 aliphatic rings. The maximum absolute atomic E-state index is 12.1. The molecule has 0 aromatic rings. The zero-order valence-corrected chi connectivity index (χ0v) is 12.2. The van der Waals surface area contributed by atoms with Gasteiger partial charge in [0, 0.05) is 19.0 Å². The van der Waals surface area contributed by atoms with E-state index in [1.807, 2.05) is 20.8 Å². The van der Waals surface area contributed by atoms with Gasteiger partial charge in [0.2, 0.25) is 17.7 Å². The molecule has 3 amide bonds. The number of carbonyl (C=O) groups excluding carboxylic acids is 3. The number of nitrogens with zero attached hydrogens (tertiary/aromatic N) is 1. The highest BCUT2D eigenvalue weighted by molar-refractivity contribution is 5.93. The summed E-state index contributed by atoms with van der Waals surface area (Å²) >= 11 is 0. The number of likely N-dealkylation sites (N-methyl/N-ethyl adjacent to an activating group) is 1. The second-order valence-corrected chi connectivity index (χ2v) is 5.90. The molecule has 1 aliphatic heterocycles. The Bertz CT molecular complexity index is 387. The molecule has 2 atom stereocenters. The van der Waals surface area contributed by atoms with Gasteiger partial charge in [-0.05, 0) is 13.3 Å². The Morgan fingerprint density at radius 1 is 1.26 bits per heavy atom. The molecule has 0 spiro atoms. The van der Waals surface area contributed by atoms with Crippen LogP contribution in [0.1, 0.15) is 34.1 Å². The normalized spacial score (nSPS) is 20.3. The fourth-order valence-electron chi connectivity index (χ4n) is 1.93. The fourth-order valence-corrected chi connectivity index (χ4v) is 1.93. The van der Waals surface area contributed by atoms with E-state index in [4.69, 9.17) is 0 Å². The summed E-state index contributed by atoms with van der Waals surface area (Å²) in [7, 11) is 1.52. The van der Waals surface area contributed by atoms with Gasteiger partial charge in [0.05, 0.1) is 0 Å². The van der Waals surface area contributed by atoms with E-state index in [1.165, 1.54) is 7.05 Å². The van der Waals surface area contributed by atoms with Crippen molar-refractivity contribution in [2.75, 3.05) is 13.6 Å². The van der Waals surface area contributed by atoms with E-state index in [0.29, 0.717) is 13.0 Å². The minimum atomic E-state index is -0.593. The van der Waals surface area contributed by atoms with Gasteiger partial charge in [0.25, 0.3) is 0 Å². The summed E-state index contributed by atoms with van der Waals surface area (Å²) in [5.41, 5.74) is -0.495. The van der Waals surface area contributed by atoms with Gasteiger partial charge < -0.3 is 15.5 Å². The van der Waals surface area contributed by atoms with E-state index in [-0.39, 0.29) is 17.7 Å². The molecule has 1 fully saturated rings. The van der Waals surface area contributed by atoms with Gasteiger partial charge in [-0.25, -0.2) is 0 Å². The molecule has 0 aromatic heterocycles. The smallest absolute Gasteiger partial charge is 0.243 e. The number of likely N-dealkylation sites (tertiary alicyclic amines) is 1. The highest BCUT2D eigenvalue weighted by atomic mass is 16.2. The largest absolute Gasteiger partial charge is 0.357 e. The second kappa shape index (κ2) is 5.59. The Labute approximate surface area is 113 Å². The van der Waals surface area contributed by atoms with Crippen LogP contribution in [0.25, 0.3) is 0 Å². The van der Waals surface area contributed by atoms with E-state index in [1.54, 1.807) is 11.8 Å². The zero-order valence-electron chi connectivity index (χ0n) is 12.2. The highest BCUT2D eigenvalue weighted by Crippen LogP contribution is 2.26. The van der Waals surface area contributed by atoms with Crippen molar-refractivity contribution >= 4 is 17.7 Å². The highest BCUT2D eigenvalue weighted by Gasteiger charge is 2.41. The molecule has 0 saturated carbocycles. The quantitative estimate of drug-likeness (QED) is 0.750. The first-order valence-corrected chi connectivity index (χ1v) is 6.51. The van der Waals surface area contributed by atoms with Gasteiger partial charge in [0.1, 0.15) is 12.1 Å². The van der Waals surface area contributed by atoms with Gasteiger partial charge in [-0.3, -0.25) is 14.4 Å². The number of hydrogen-bond acceptors (Lipinski definition) is 3. The van der Waals surface area contributed by atoms with Crippen molar-refractivity contribution in [1.82, 2.24) is 15.5 Å². The molecular formula is C13H23N3O3.